The second-order valence-corrected chi connectivity index (χ2v) is 12.4. The summed E-state index contributed by atoms with van der Waals surface area (Å²) in [6, 6.07) is 3.94. The SMILES string of the molecule is COc1ccc(S(=O)(=O)N(/C=C2\CC(S)CN2C(=O)OC(C)(C)C)C(=O)OC(C)(C)C)cc1OC. The van der Waals surface area contributed by atoms with E-state index in [1.165, 1.54) is 37.3 Å². The fourth-order valence-electron chi connectivity index (χ4n) is 3.13. The zero-order chi connectivity index (χ0) is 26.8. The minimum Gasteiger partial charge on any atom is -0.493 e. The van der Waals surface area contributed by atoms with Crippen molar-refractivity contribution in [3.05, 3.63) is 30.1 Å². The number of nitrogens with zero attached hydrogens (tertiary/aromatic N) is 2. The number of allylic oxidation sites excluding steroid dienone is 1. The van der Waals surface area contributed by atoms with Gasteiger partial charge in [0.25, 0.3) is 10.0 Å². The third-order valence-corrected chi connectivity index (χ3v) is 6.52. The van der Waals surface area contributed by atoms with Crippen molar-refractivity contribution >= 4 is 34.8 Å². The van der Waals surface area contributed by atoms with Crippen molar-refractivity contribution in [1.82, 2.24) is 9.21 Å². The number of rotatable bonds is 5. The van der Waals surface area contributed by atoms with Crippen LogP contribution in [0.4, 0.5) is 9.59 Å². The average Bonchev–Trinajstić information content (AvgIpc) is 3.09. The van der Waals surface area contributed by atoms with Gasteiger partial charge in [-0.3, -0.25) is 4.90 Å². The Labute approximate surface area is 212 Å². The molecule has 1 aromatic carbocycles. The highest BCUT2D eigenvalue weighted by molar-refractivity contribution is 7.89. The number of benzene rings is 1. The van der Waals surface area contributed by atoms with Gasteiger partial charge < -0.3 is 18.9 Å². The highest BCUT2D eigenvalue weighted by atomic mass is 32.2. The third kappa shape index (κ3) is 7.44. The number of hydrogen-bond donors (Lipinski definition) is 1. The van der Waals surface area contributed by atoms with Crippen molar-refractivity contribution in [2.24, 2.45) is 0 Å². The summed E-state index contributed by atoms with van der Waals surface area (Å²) in [5.74, 6) is 0.482. The van der Waals surface area contributed by atoms with E-state index in [1.54, 1.807) is 41.5 Å². The van der Waals surface area contributed by atoms with Gasteiger partial charge in [0.1, 0.15) is 11.2 Å². The van der Waals surface area contributed by atoms with Crippen LogP contribution >= 0.6 is 12.6 Å². The fourth-order valence-corrected chi connectivity index (χ4v) is 4.70. The lowest BCUT2D eigenvalue weighted by atomic mass is 10.2. The zero-order valence-corrected chi connectivity index (χ0v) is 23.0. The molecule has 0 bridgehead atoms. The van der Waals surface area contributed by atoms with Gasteiger partial charge in [-0.25, -0.2) is 18.0 Å². The van der Waals surface area contributed by atoms with Gasteiger partial charge in [-0.15, -0.1) is 0 Å². The van der Waals surface area contributed by atoms with Crippen LogP contribution in [-0.2, 0) is 19.5 Å². The molecule has 1 heterocycles. The van der Waals surface area contributed by atoms with Crippen LogP contribution < -0.4 is 9.47 Å². The summed E-state index contributed by atoms with van der Waals surface area (Å²) < 4.78 is 49.0. The molecule has 0 saturated carbocycles. The Hall–Kier alpha value is -2.60. The Morgan fingerprint density at radius 2 is 1.60 bits per heavy atom. The molecule has 1 unspecified atom stereocenters. The van der Waals surface area contributed by atoms with Crippen LogP contribution in [-0.4, -0.2) is 67.0 Å². The Morgan fingerprint density at radius 1 is 1.03 bits per heavy atom. The number of methoxy groups -OCH3 is 2. The topological polar surface area (TPSA) is 112 Å². The molecule has 0 N–H and O–H groups in total. The molecule has 1 aliphatic heterocycles. The van der Waals surface area contributed by atoms with Gasteiger partial charge in [0, 0.05) is 36.2 Å². The monoisotopic (exact) mass is 530 g/mol. The normalized spacial score (nSPS) is 17.8. The molecule has 12 heteroatoms. The molecule has 1 fully saturated rings. The largest absolute Gasteiger partial charge is 0.493 e. The highest BCUT2D eigenvalue weighted by Crippen LogP contribution is 2.33. The third-order valence-electron chi connectivity index (χ3n) is 4.55. The van der Waals surface area contributed by atoms with E-state index in [9.17, 15) is 18.0 Å². The molecule has 2 amide bonds. The van der Waals surface area contributed by atoms with Crippen LogP contribution in [0.15, 0.2) is 35.0 Å². The van der Waals surface area contributed by atoms with Crippen molar-refractivity contribution in [3.8, 4) is 11.5 Å². The second-order valence-electron chi connectivity index (χ2n) is 9.87. The van der Waals surface area contributed by atoms with Crippen LogP contribution in [0, 0.1) is 0 Å². The molecular weight excluding hydrogens is 496 g/mol. The first-order chi connectivity index (χ1) is 16.0. The summed E-state index contributed by atoms with van der Waals surface area (Å²) in [6.07, 6.45) is -0.497. The van der Waals surface area contributed by atoms with Gasteiger partial charge >= 0.3 is 12.2 Å². The van der Waals surface area contributed by atoms with Crippen molar-refractivity contribution in [3.63, 3.8) is 0 Å². The predicted octanol–water partition coefficient (Wildman–Crippen LogP) is 4.41. The van der Waals surface area contributed by atoms with Crippen molar-refractivity contribution < 1.29 is 37.0 Å². The first-order valence-electron chi connectivity index (χ1n) is 10.9. The molecule has 196 valence electrons. The fraction of sp³-hybridized carbons (Fsp3) is 0.565. The molecule has 0 spiro atoms. The van der Waals surface area contributed by atoms with E-state index in [0.717, 1.165) is 6.20 Å². The molecule has 35 heavy (non-hydrogen) atoms. The molecule has 1 aliphatic rings. The summed E-state index contributed by atoms with van der Waals surface area (Å²) in [7, 11) is -1.69. The zero-order valence-electron chi connectivity index (χ0n) is 21.3. The number of carbonyl (C=O) groups is 2. The Kier molecular flexibility index (Phi) is 8.65. The number of hydrogen-bond acceptors (Lipinski definition) is 9. The minimum atomic E-state index is -4.48. The quantitative estimate of drug-likeness (QED) is 0.557. The maximum atomic E-state index is 13.6. The first kappa shape index (κ1) is 28.6. The molecule has 2 rings (SSSR count). The van der Waals surface area contributed by atoms with Crippen LogP contribution in [0.1, 0.15) is 48.0 Å². The second kappa shape index (κ2) is 10.6. The lowest BCUT2D eigenvalue weighted by molar-refractivity contribution is 0.0326. The minimum absolute atomic E-state index is 0.164. The van der Waals surface area contributed by atoms with E-state index in [4.69, 9.17) is 18.9 Å². The number of sulfonamides is 1. The van der Waals surface area contributed by atoms with E-state index in [1.807, 2.05) is 0 Å². The number of likely N-dealkylation sites (tertiary alicyclic amines) is 1. The van der Waals surface area contributed by atoms with Crippen LogP contribution in [0.25, 0.3) is 0 Å². The Bertz CT molecular complexity index is 1090. The predicted molar refractivity (Wildman–Crippen MR) is 133 cm³/mol. The summed E-state index contributed by atoms with van der Waals surface area (Å²) in [5.41, 5.74) is -1.50. The molecule has 0 radical (unpaired) electrons. The van der Waals surface area contributed by atoms with Gasteiger partial charge in [0.2, 0.25) is 0 Å². The molecular formula is C23H34N2O8S2. The van der Waals surface area contributed by atoms with E-state index >= 15 is 0 Å². The van der Waals surface area contributed by atoms with Crippen molar-refractivity contribution in [2.45, 2.75) is 69.3 Å². The summed E-state index contributed by atoms with van der Waals surface area (Å²) >= 11 is 4.45. The molecule has 0 aromatic heterocycles. The van der Waals surface area contributed by atoms with E-state index in [2.05, 4.69) is 12.6 Å². The Morgan fingerprint density at radius 3 is 2.11 bits per heavy atom. The first-order valence-corrected chi connectivity index (χ1v) is 12.8. The van der Waals surface area contributed by atoms with Crippen LogP contribution in [0.5, 0.6) is 11.5 Å². The number of amides is 2. The smallest absolute Gasteiger partial charge is 0.428 e. The standard InChI is InChI=1S/C23H34N2O8S2/c1-22(2,3)32-20(26)24-14-16(34)11-15(24)13-25(21(27)33-23(4,5)6)35(28,29)17-9-10-18(30-7)19(12-17)31-8/h9-10,12-13,16,34H,11,14H2,1-8H3/b15-13+. The van der Waals surface area contributed by atoms with E-state index < -0.39 is 33.4 Å². The van der Waals surface area contributed by atoms with Crippen molar-refractivity contribution in [1.29, 1.82) is 0 Å². The van der Waals surface area contributed by atoms with Crippen LogP contribution in [0.2, 0.25) is 0 Å². The highest BCUT2D eigenvalue weighted by Gasteiger charge is 2.37. The van der Waals surface area contributed by atoms with Gasteiger partial charge in [-0.05, 0) is 53.7 Å². The molecule has 1 aromatic rings. The van der Waals surface area contributed by atoms with Crippen molar-refractivity contribution in [2.75, 3.05) is 20.8 Å². The van der Waals surface area contributed by atoms with E-state index in [-0.39, 0.29) is 34.6 Å². The lowest BCUT2D eigenvalue weighted by Crippen LogP contribution is -2.39. The van der Waals surface area contributed by atoms with Gasteiger partial charge in [-0.1, -0.05) is 0 Å². The lowest BCUT2D eigenvalue weighted by Gasteiger charge is -2.28. The summed E-state index contributed by atoms with van der Waals surface area (Å²) in [4.78, 5) is 26.9. The average molecular weight is 531 g/mol. The molecule has 0 aliphatic carbocycles. The maximum absolute atomic E-state index is 13.6. The van der Waals surface area contributed by atoms with E-state index in [0.29, 0.717) is 10.1 Å². The number of thiol groups is 1. The summed E-state index contributed by atoms with van der Waals surface area (Å²) in [5, 5.41) is -0.280. The maximum Gasteiger partial charge on any atom is 0.428 e. The Balaban J connectivity index is 2.60. The van der Waals surface area contributed by atoms with Gasteiger partial charge in [0.15, 0.2) is 11.5 Å². The molecule has 1 saturated heterocycles. The number of carbonyl (C=O) groups excluding carboxylic acids is 2. The molecule has 1 atom stereocenters. The van der Waals surface area contributed by atoms with Gasteiger partial charge in [-0.2, -0.15) is 16.9 Å². The molecule has 10 nitrogen and oxygen atoms in total. The number of ether oxygens (including phenoxy) is 4. The van der Waals surface area contributed by atoms with Crippen LogP contribution in [0.3, 0.4) is 0 Å². The van der Waals surface area contributed by atoms with Gasteiger partial charge in [0.05, 0.1) is 19.1 Å². The summed E-state index contributed by atoms with van der Waals surface area (Å²) in [6.45, 7) is 10.2.